The summed E-state index contributed by atoms with van der Waals surface area (Å²) >= 11 is 0. The van der Waals surface area contributed by atoms with Crippen molar-refractivity contribution >= 4 is 22.4 Å². The van der Waals surface area contributed by atoms with E-state index in [-0.39, 0.29) is 30.7 Å². The third-order valence-corrected chi connectivity index (χ3v) is 4.58. The Morgan fingerprint density at radius 1 is 1.15 bits per heavy atom. The molecule has 0 aliphatic carbocycles. The molecule has 1 rings (SSSR count). The van der Waals surface area contributed by atoms with Gasteiger partial charge in [-0.2, -0.15) is 0 Å². The average Bonchev–Trinajstić information content (AvgIpc) is 2.36. The second-order valence-electron chi connectivity index (χ2n) is 5.10. The number of nitrogens with one attached hydrogen (secondary N) is 1. The second kappa shape index (κ2) is 8.62. The number of nitrogens with two attached hydrogens (primary N) is 1. The van der Waals surface area contributed by atoms with Crippen molar-refractivity contribution in [3.05, 3.63) is 35.4 Å². The molecule has 0 heterocycles. The lowest BCUT2D eigenvalue weighted by molar-refractivity contribution is 0.571. The van der Waals surface area contributed by atoms with Crippen LogP contribution in [0.4, 0.5) is 0 Å². The van der Waals surface area contributed by atoms with Crippen molar-refractivity contribution in [1.29, 1.82) is 0 Å². The van der Waals surface area contributed by atoms with E-state index in [9.17, 15) is 8.42 Å². The third-order valence-electron chi connectivity index (χ3n) is 3.03. The highest BCUT2D eigenvalue weighted by Gasteiger charge is 2.12. The number of hydrogen-bond donors (Lipinski definition) is 2. The molecular weight excluding hydrogens is 296 g/mol. The van der Waals surface area contributed by atoms with Crippen LogP contribution in [0, 0.1) is 0 Å². The largest absolute Gasteiger partial charge is 0.323 e. The van der Waals surface area contributed by atoms with Crippen molar-refractivity contribution in [2.45, 2.75) is 39.2 Å². The summed E-state index contributed by atoms with van der Waals surface area (Å²) in [7, 11) is -3.19. The summed E-state index contributed by atoms with van der Waals surface area (Å²) < 4.78 is 25.6. The highest BCUT2D eigenvalue weighted by atomic mass is 35.5. The smallest absolute Gasteiger partial charge is 0.211 e. The minimum absolute atomic E-state index is 0. The van der Waals surface area contributed by atoms with Gasteiger partial charge in [0, 0.05) is 12.6 Å². The molecule has 20 heavy (non-hydrogen) atoms. The van der Waals surface area contributed by atoms with Crippen LogP contribution in [0.1, 0.15) is 50.3 Å². The first-order valence-electron chi connectivity index (χ1n) is 6.68. The van der Waals surface area contributed by atoms with Crippen molar-refractivity contribution in [1.82, 2.24) is 4.72 Å². The average molecular weight is 321 g/mol. The highest BCUT2D eigenvalue weighted by Crippen LogP contribution is 2.17. The fraction of sp³-hybridized carbons (Fsp3) is 0.571. The van der Waals surface area contributed by atoms with Crippen LogP contribution < -0.4 is 10.5 Å². The zero-order valence-electron chi connectivity index (χ0n) is 12.3. The monoisotopic (exact) mass is 320 g/mol. The quantitative estimate of drug-likeness (QED) is 0.811. The zero-order valence-corrected chi connectivity index (χ0v) is 13.9. The van der Waals surface area contributed by atoms with Crippen molar-refractivity contribution in [2.24, 2.45) is 5.73 Å². The van der Waals surface area contributed by atoms with Crippen LogP contribution in [0.5, 0.6) is 0 Å². The topological polar surface area (TPSA) is 72.2 Å². The van der Waals surface area contributed by atoms with Gasteiger partial charge in [0.1, 0.15) is 0 Å². The van der Waals surface area contributed by atoms with Gasteiger partial charge in [0.15, 0.2) is 0 Å². The molecule has 0 saturated carbocycles. The van der Waals surface area contributed by atoms with E-state index in [1.54, 1.807) is 0 Å². The number of halogens is 1. The Kier molecular flexibility index (Phi) is 8.35. The third kappa shape index (κ3) is 6.22. The molecule has 1 aromatic carbocycles. The molecule has 0 radical (unpaired) electrons. The van der Waals surface area contributed by atoms with E-state index in [2.05, 4.69) is 18.6 Å². The van der Waals surface area contributed by atoms with Crippen LogP contribution in [0.15, 0.2) is 24.3 Å². The van der Waals surface area contributed by atoms with Crippen LogP contribution in [-0.4, -0.2) is 20.7 Å². The van der Waals surface area contributed by atoms with Crippen molar-refractivity contribution in [2.75, 3.05) is 12.3 Å². The van der Waals surface area contributed by atoms with E-state index in [0.717, 1.165) is 5.56 Å². The van der Waals surface area contributed by atoms with E-state index < -0.39 is 10.0 Å². The van der Waals surface area contributed by atoms with E-state index >= 15 is 0 Å². The Balaban J connectivity index is 0.00000361. The van der Waals surface area contributed by atoms with Crippen LogP contribution >= 0.6 is 12.4 Å². The van der Waals surface area contributed by atoms with Gasteiger partial charge in [0.05, 0.1) is 5.75 Å². The van der Waals surface area contributed by atoms with Gasteiger partial charge < -0.3 is 5.73 Å². The standard InChI is InChI=1S/C14H24N2O2S.ClH/c1-4-9-19(17,18)16-10-14(15)13-7-5-12(6-8-13)11(2)3;/h5-8,11,14,16H,4,9-10,15H2,1-3H3;1H. The lowest BCUT2D eigenvalue weighted by atomic mass is 9.99. The molecule has 3 N–H and O–H groups in total. The van der Waals surface area contributed by atoms with Crippen LogP contribution in [-0.2, 0) is 10.0 Å². The van der Waals surface area contributed by atoms with Gasteiger partial charge in [-0.15, -0.1) is 12.4 Å². The molecular formula is C14H25ClN2O2S. The number of rotatable bonds is 7. The summed E-state index contributed by atoms with van der Waals surface area (Å²) in [6.45, 7) is 6.34. The van der Waals surface area contributed by atoms with Gasteiger partial charge in [-0.3, -0.25) is 0 Å². The fourth-order valence-electron chi connectivity index (χ4n) is 1.80. The van der Waals surface area contributed by atoms with Crippen molar-refractivity contribution in [3.63, 3.8) is 0 Å². The van der Waals surface area contributed by atoms with Gasteiger partial charge in [-0.25, -0.2) is 13.1 Å². The molecule has 0 bridgehead atoms. The molecule has 0 amide bonds. The number of benzene rings is 1. The molecule has 0 spiro atoms. The Bertz CT molecular complexity index is 486. The van der Waals surface area contributed by atoms with Gasteiger partial charge >= 0.3 is 0 Å². The number of hydrogen-bond acceptors (Lipinski definition) is 3. The molecule has 0 saturated heterocycles. The summed E-state index contributed by atoms with van der Waals surface area (Å²) in [6.07, 6.45) is 0.605. The maximum Gasteiger partial charge on any atom is 0.211 e. The maximum atomic E-state index is 11.5. The Labute approximate surface area is 128 Å². The molecule has 1 atom stereocenters. The minimum atomic E-state index is -3.19. The van der Waals surface area contributed by atoms with Crippen molar-refractivity contribution in [3.8, 4) is 0 Å². The van der Waals surface area contributed by atoms with E-state index in [1.165, 1.54) is 5.56 Å². The predicted molar refractivity (Wildman–Crippen MR) is 86.8 cm³/mol. The van der Waals surface area contributed by atoms with E-state index in [4.69, 9.17) is 5.73 Å². The Hall–Kier alpha value is -0.620. The molecule has 0 aromatic heterocycles. The van der Waals surface area contributed by atoms with Gasteiger partial charge in [0.25, 0.3) is 0 Å². The zero-order chi connectivity index (χ0) is 14.5. The molecule has 4 nitrogen and oxygen atoms in total. The van der Waals surface area contributed by atoms with Gasteiger partial charge in [-0.1, -0.05) is 45.0 Å². The molecule has 1 unspecified atom stereocenters. The summed E-state index contributed by atoms with van der Waals surface area (Å²) in [5, 5.41) is 0. The Morgan fingerprint density at radius 3 is 2.10 bits per heavy atom. The first-order valence-corrected chi connectivity index (χ1v) is 8.33. The van der Waals surface area contributed by atoms with E-state index in [0.29, 0.717) is 12.3 Å². The second-order valence-corrected chi connectivity index (χ2v) is 7.02. The van der Waals surface area contributed by atoms with Gasteiger partial charge in [-0.05, 0) is 23.5 Å². The van der Waals surface area contributed by atoms with Crippen molar-refractivity contribution < 1.29 is 8.42 Å². The van der Waals surface area contributed by atoms with Crippen LogP contribution in [0.25, 0.3) is 0 Å². The fourth-order valence-corrected chi connectivity index (χ4v) is 2.92. The van der Waals surface area contributed by atoms with Gasteiger partial charge in [0.2, 0.25) is 10.0 Å². The summed E-state index contributed by atoms with van der Waals surface area (Å²) in [6, 6.07) is 7.70. The normalized spacial score (nSPS) is 13.1. The van der Waals surface area contributed by atoms with E-state index in [1.807, 2.05) is 31.2 Å². The highest BCUT2D eigenvalue weighted by molar-refractivity contribution is 7.89. The van der Waals surface area contributed by atoms with Crippen LogP contribution in [0.2, 0.25) is 0 Å². The predicted octanol–water partition coefficient (Wildman–Crippen LogP) is 2.56. The lowest BCUT2D eigenvalue weighted by Gasteiger charge is -2.14. The SMILES string of the molecule is CCCS(=O)(=O)NCC(N)c1ccc(C(C)C)cc1.Cl. The molecule has 0 aliphatic rings. The number of sulfonamides is 1. The minimum Gasteiger partial charge on any atom is -0.323 e. The molecule has 6 heteroatoms. The molecule has 116 valence electrons. The summed E-state index contributed by atoms with van der Waals surface area (Å²) in [4.78, 5) is 0. The Morgan fingerprint density at radius 2 is 1.65 bits per heavy atom. The molecule has 0 fully saturated rings. The molecule has 1 aromatic rings. The lowest BCUT2D eigenvalue weighted by Crippen LogP contribution is -2.33. The maximum absolute atomic E-state index is 11.5. The first kappa shape index (κ1) is 19.4. The summed E-state index contributed by atoms with van der Waals surface area (Å²) in [5.41, 5.74) is 8.20. The van der Waals surface area contributed by atoms with Crippen LogP contribution in [0.3, 0.4) is 0 Å². The summed E-state index contributed by atoms with van der Waals surface area (Å²) in [5.74, 6) is 0.625. The first-order chi connectivity index (χ1) is 8.85. The molecule has 0 aliphatic heterocycles.